The molecule has 0 N–H and O–H groups in total. The van der Waals surface area contributed by atoms with Crippen LogP contribution < -0.4 is 0 Å². The molecule has 62 valence electrons. The Morgan fingerprint density at radius 3 is 2.64 bits per heavy atom. The van der Waals surface area contributed by atoms with Gasteiger partial charge in [0, 0.05) is 12.6 Å². The van der Waals surface area contributed by atoms with E-state index in [0.29, 0.717) is 6.04 Å². The molecular formula is C8H11F2N. The van der Waals surface area contributed by atoms with E-state index in [-0.39, 0.29) is 5.92 Å². The lowest BCUT2D eigenvalue weighted by Gasteiger charge is -2.34. The molecule has 2 saturated heterocycles. The molecular weight excluding hydrogens is 148 g/mol. The van der Waals surface area contributed by atoms with Gasteiger partial charge in [0.05, 0.1) is 0 Å². The molecule has 0 aliphatic carbocycles. The molecule has 11 heavy (non-hydrogen) atoms. The van der Waals surface area contributed by atoms with Gasteiger partial charge < -0.3 is 0 Å². The molecule has 2 heterocycles. The van der Waals surface area contributed by atoms with E-state index in [4.69, 9.17) is 0 Å². The van der Waals surface area contributed by atoms with Gasteiger partial charge in [-0.15, -0.1) is 0 Å². The first-order valence-corrected chi connectivity index (χ1v) is 4.02. The molecule has 0 aromatic heterocycles. The molecule has 2 atom stereocenters. The normalized spacial score (nSPS) is 36.2. The van der Waals surface area contributed by atoms with Crippen LogP contribution in [-0.4, -0.2) is 24.0 Å². The minimum absolute atomic E-state index is 0.118. The van der Waals surface area contributed by atoms with Gasteiger partial charge in [0.15, 0.2) is 0 Å². The Kier molecular flexibility index (Phi) is 1.68. The van der Waals surface area contributed by atoms with Crippen LogP contribution in [0.15, 0.2) is 12.2 Å². The average Bonchev–Trinajstić information content (AvgIpc) is 2.12. The molecule has 0 aromatic carbocycles. The first-order chi connectivity index (χ1) is 5.25. The van der Waals surface area contributed by atoms with Crippen molar-refractivity contribution in [1.82, 2.24) is 4.90 Å². The molecule has 3 heteroatoms. The zero-order chi connectivity index (χ0) is 7.84. The topological polar surface area (TPSA) is 3.24 Å². The third-order valence-electron chi connectivity index (χ3n) is 2.67. The van der Waals surface area contributed by atoms with Crippen LogP contribution in [0.5, 0.6) is 0 Å². The molecule has 2 rings (SSSR count). The van der Waals surface area contributed by atoms with Crippen molar-refractivity contribution in [1.29, 1.82) is 0 Å². The average molecular weight is 159 g/mol. The molecule has 2 unspecified atom stereocenters. The third kappa shape index (κ3) is 1.29. The molecule has 2 aliphatic heterocycles. The zero-order valence-electron chi connectivity index (χ0n) is 6.26. The summed E-state index contributed by atoms with van der Waals surface area (Å²) in [4.78, 5) is 2.28. The number of rotatable bonds is 1. The minimum Gasteiger partial charge on any atom is -0.300 e. The number of hydrogen-bond donors (Lipinski definition) is 0. The van der Waals surface area contributed by atoms with Gasteiger partial charge in [-0.3, -0.25) is 4.90 Å². The van der Waals surface area contributed by atoms with E-state index in [2.05, 4.69) is 4.90 Å². The van der Waals surface area contributed by atoms with Crippen molar-refractivity contribution in [3.63, 3.8) is 0 Å². The summed E-state index contributed by atoms with van der Waals surface area (Å²) in [6, 6.07) is 0.621. The molecule has 0 saturated carbocycles. The number of halogens is 2. The molecule has 1 nitrogen and oxygen atoms in total. The standard InChI is InChI=1S/C8H11F2N/c9-8(10)4-6-3-7-1-2-11(7)5-6/h4,6-7H,1-3,5H2. The molecule has 0 spiro atoms. The van der Waals surface area contributed by atoms with Crippen LogP contribution in [0.3, 0.4) is 0 Å². The van der Waals surface area contributed by atoms with Crippen LogP contribution in [0.1, 0.15) is 12.8 Å². The Labute approximate surface area is 64.7 Å². The van der Waals surface area contributed by atoms with E-state index in [1.807, 2.05) is 0 Å². The van der Waals surface area contributed by atoms with Crippen LogP contribution >= 0.6 is 0 Å². The highest BCUT2D eigenvalue weighted by molar-refractivity contribution is 5.01. The van der Waals surface area contributed by atoms with Gasteiger partial charge in [-0.05, 0) is 31.4 Å². The fourth-order valence-corrected chi connectivity index (χ4v) is 2.03. The second kappa shape index (κ2) is 2.55. The summed E-state index contributed by atoms with van der Waals surface area (Å²) in [6.07, 6.45) is 1.74. The predicted octanol–water partition coefficient (Wildman–Crippen LogP) is 1.86. The molecule has 0 radical (unpaired) electrons. The van der Waals surface area contributed by atoms with Crippen molar-refractivity contribution in [2.45, 2.75) is 18.9 Å². The van der Waals surface area contributed by atoms with Crippen molar-refractivity contribution < 1.29 is 8.78 Å². The lowest BCUT2D eigenvalue weighted by molar-refractivity contribution is 0.140. The Balaban J connectivity index is 1.93. The highest BCUT2D eigenvalue weighted by Gasteiger charge is 2.37. The molecule has 2 fully saturated rings. The van der Waals surface area contributed by atoms with E-state index in [0.717, 1.165) is 25.6 Å². The van der Waals surface area contributed by atoms with Crippen LogP contribution in [-0.2, 0) is 0 Å². The lowest BCUT2D eigenvalue weighted by Crippen LogP contribution is -2.42. The molecule has 0 aromatic rings. The second-order valence-electron chi connectivity index (χ2n) is 3.39. The minimum atomic E-state index is -1.52. The molecule has 0 bridgehead atoms. The smallest absolute Gasteiger partial charge is 0.266 e. The van der Waals surface area contributed by atoms with Gasteiger partial charge in [0.2, 0.25) is 0 Å². The summed E-state index contributed by atoms with van der Waals surface area (Å²) in [5.74, 6) is 0.118. The van der Waals surface area contributed by atoms with Crippen molar-refractivity contribution in [2.75, 3.05) is 13.1 Å². The Bertz CT molecular complexity index is 175. The monoisotopic (exact) mass is 159 g/mol. The maximum Gasteiger partial charge on any atom is 0.266 e. The molecule has 2 aliphatic rings. The largest absolute Gasteiger partial charge is 0.300 e. The van der Waals surface area contributed by atoms with E-state index < -0.39 is 6.08 Å². The van der Waals surface area contributed by atoms with Crippen LogP contribution in [0.4, 0.5) is 8.78 Å². The van der Waals surface area contributed by atoms with Gasteiger partial charge in [0.1, 0.15) is 0 Å². The van der Waals surface area contributed by atoms with Crippen molar-refractivity contribution in [3.05, 3.63) is 12.2 Å². The Morgan fingerprint density at radius 1 is 1.45 bits per heavy atom. The maximum absolute atomic E-state index is 11.8. The second-order valence-corrected chi connectivity index (χ2v) is 3.39. The van der Waals surface area contributed by atoms with Crippen LogP contribution in [0.25, 0.3) is 0 Å². The quantitative estimate of drug-likeness (QED) is 0.564. The number of fused-ring (bicyclic) bond motifs is 1. The van der Waals surface area contributed by atoms with E-state index in [1.54, 1.807) is 0 Å². The van der Waals surface area contributed by atoms with Crippen LogP contribution in [0, 0.1) is 5.92 Å². The van der Waals surface area contributed by atoms with E-state index in [9.17, 15) is 8.78 Å². The van der Waals surface area contributed by atoms with Crippen molar-refractivity contribution >= 4 is 0 Å². The summed E-state index contributed by atoms with van der Waals surface area (Å²) in [5.41, 5.74) is 0. The first kappa shape index (κ1) is 7.22. The van der Waals surface area contributed by atoms with E-state index in [1.165, 1.54) is 6.42 Å². The summed E-state index contributed by atoms with van der Waals surface area (Å²) >= 11 is 0. The predicted molar refractivity (Wildman–Crippen MR) is 38.4 cm³/mol. The summed E-state index contributed by atoms with van der Waals surface area (Å²) in [5, 5.41) is 0. The number of hydrogen-bond acceptors (Lipinski definition) is 1. The zero-order valence-corrected chi connectivity index (χ0v) is 6.26. The third-order valence-corrected chi connectivity index (χ3v) is 2.67. The van der Waals surface area contributed by atoms with Gasteiger partial charge in [-0.25, -0.2) is 0 Å². The maximum atomic E-state index is 11.8. The van der Waals surface area contributed by atoms with Gasteiger partial charge in [-0.2, -0.15) is 8.78 Å². The Hall–Kier alpha value is -0.440. The van der Waals surface area contributed by atoms with Crippen LogP contribution in [0.2, 0.25) is 0 Å². The van der Waals surface area contributed by atoms with Gasteiger partial charge in [-0.1, -0.05) is 0 Å². The van der Waals surface area contributed by atoms with Crippen molar-refractivity contribution in [3.8, 4) is 0 Å². The summed E-state index contributed by atoms with van der Waals surface area (Å²) in [6.45, 7) is 1.96. The lowest BCUT2D eigenvalue weighted by atomic mass is 10.0. The summed E-state index contributed by atoms with van der Waals surface area (Å²) < 4.78 is 23.6. The summed E-state index contributed by atoms with van der Waals surface area (Å²) in [7, 11) is 0. The van der Waals surface area contributed by atoms with Crippen molar-refractivity contribution in [2.24, 2.45) is 5.92 Å². The van der Waals surface area contributed by atoms with Gasteiger partial charge >= 0.3 is 0 Å². The SMILES string of the molecule is FC(F)=CC1CC2CCN2C1. The number of nitrogens with zero attached hydrogens (tertiary/aromatic N) is 1. The highest BCUT2D eigenvalue weighted by Crippen LogP contribution is 2.33. The highest BCUT2D eigenvalue weighted by atomic mass is 19.3. The van der Waals surface area contributed by atoms with E-state index >= 15 is 0 Å². The first-order valence-electron chi connectivity index (χ1n) is 4.02. The Morgan fingerprint density at radius 2 is 2.27 bits per heavy atom. The molecule has 0 amide bonds. The fraction of sp³-hybridized carbons (Fsp3) is 0.750. The fourth-order valence-electron chi connectivity index (χ4n) is 2.03. The van der Waals surface area contributed by atoms with Gasteiger partial charge in [0.25, 0.3) is 6.08 Å².